The third kappa shape index (κ3) is 2.42. The van der Waals surface area contributed by atoms with Crippen molar-refractivity contribution in [3.05, 3.63) is 23.9 Å². The Hall–Kier alpha value is -1.60. The Labute approximate surface area is 76.8 Å². The van der Waals surface area contributed by atoms with Gasteiger partial charge in [0.25, 0.3) is 0 Å². The molecule has 1 aromatic heterocycles. The van der Waals surface area contributed by atoms with E-state index >= 15 is 0 Å². The number of aliphatic hydroxyl groups excluding tert-OH is 1. The normalized spacial score (nSPS) is 11.8. The number of nitrogens with zero attached hydrogens (tertiary/aromatic N) is 2. The molecule has 0 bridgehead atoms. The Morgan fingerprint density at radius 1 is 1.77 bits per heavy atom. The van der Waals surface area contributed by atoms with E-state index in [-0.39, 0.29) is 12.6 Å². The minimum Gasteiger partial charge on any atom is -0.394 e. The van der Waals surface area contributed by atoms with Gasteiger partial charge in [0.05, 0.1) is 12.2 Å². The van der Waals surface area contributed by atoms with Crippen molar-refractivity contribution in [1.82, 2.24) is 4.98 Å². The first-order chi connectivity index (χ1) is 6.27. The average Bonchev–Trinajstić information content (AvgIpc) is 2.18. The molecule has 0 amide bonds. The van der Waals surface area contributed by atoms with Crippen molar-refractivity contribution in [2.45, 2.75) is 13.0 Å². The quantitative estimate of drug-likeness (QED) is 0.714. The number of pyridine rings is 1. The van der Waals surface area contributed by atoms with E-state index < -0.39 is 0 Å². The highest BCUT2D eigenvalue weighted by Gasteiger charge is 2.04. The summed E-state index contributed by atoms with van der Waals surface area (Å²) in [6, 6.07) is 5.30. The van der Waals surface area contributed by atoms with Crippen molar-refractivity contribution in [1.29, 1.82) is 5.26 Å². The number of nitrogens with one attached hydrogen (secondary N) is 1. The lowest BCUT2D eigenvalue weighted by molar-refractivity contribution is 0.281. The highest BCUT2D eigenvalue weighted by Crippen LogP contribution is 2.10. The molecule has 13 heavy (non-hydrogen) atoms. The van der Waals surface area contributed by atoms with E-state index in [2.05, 4.69) is 10.3 Å². The summed E-state index contributed by atoms with van der Waals surface area (Å²) in [7, 11) is 0. The van der Waals surface area contributed by atoms with Crippen molar-refractivity contribution < 1.29 is 5.11 Å². The van der Waals surface area contributed by atoms with Gasteiger partial charge >= 0.3 is 0 Å². The van der Waals surface area contributed by atoms with Gasteiger partial charge in [-0.05, 0) is 19.1 Å². The molecule has 0 radical (unpaired) electrons. The SMILES string of the molecule is C[C@@H](CO)Nc1ncccc1C#N. The van der Waals surface area contributed by atoms with Gasteiger partial charge in [-0.1, -0.05) is 0 Å². The van der Waals surface area contributed by atoms with Crippen LogP contribution in [0, 0.1) is 11.3 Å². The van der Waals surface area contributed by atoms with Gasteiger partial charge in [-0.2, -0.15) is 5.26 Å². The molecule has 0 aliphatic heterocycles. The molecule has 4 heteroatoms. The first-order valence-electron chi connectivity index (χ1n) is 4.00. The number of aromatic nitrogens is 1. The van der Waals surface area contributed by atoms with Crippen LogP contribution in [0.1, 0.15) is 12.5 Å². The van der Waals surface area contributed by atoms with Gasteiger partial charge in [-0.15, -0.1) is 0 Å². The molecule has 2 N–H and O–H groups in total. The monoisotopic (exact) mass is 177 g/mol. The van der Waals surface area contributed by atoms with E-state index in [0.717, 1.165) is 0 Å². The highest BCUT2D eigenvalue weighted by atomic mass is 16.3. The fraction of sp³-hybridized carbons (Fsp3) is 0.333. The molecular formula is C9H11N3O. The predicted octanol–water partition coefficient (Wildman–Crippen LogP) is 0.746. The smallest absolute Gasteiger partial charge is 0.144 e. The second kappa shape index (κ2) is 4.43. The minimum absolute atomic E-state index is 0.0153. The van der Waals surface area contributed by atoms with Gasteiger partial charge < -0.3 is 10.4 Å². The third-order valence-corrected chi connectivity index (χ3v) is 1.59. The van der Waals surface area contributed by atoms with Crippen LogP contribution in [-0.2, 0) is 0 Å². The lowest BCUT2D eigenvalue weighted by Gasteiger charge is -2.11. The summed E-state index contributed by atoms with van der Waals surface area (Å²) in [6.07, 6.45) is 1.60. The van der Waals surface area contributed by atoms with E-state index in [1.807, 2.05) is 13.0 Å². The van der Waals surface area contributed by atoms with Crippen LogP contribution in [0.4, 0.5) is 5.82 Å². The van der Waals surface area contributed by atoms with Crippen LogP contribution < -0.4 is 5.32 Å². The molecule has 0 aliphatic rings. The van der Waals surface area contributed by atoms with Crippen LogP contribution in [0.5, 0.6) is 0 Å². The number of nitriles is 1. The molecule has 0 fully saturated rings. The summed E-state index contributed by atoms with van der Waals surface area (Å²) in [4.78, 5) is 3.99. The fourth-order valence-corrected chi connectivity index (χ4v) is 0.890. The van der Waals surface area contributed by atoms with Gasteiger partial charge in [0.2, 0.25) is 0 Å². The Morgan fingerprint density at radius 2 is 2.54 bits per heavy atom. The van der Waals surface area contributed by atoms with Crippen molar-refractivity contribution in [3.8, 4) is 6.07 Å². The van der Waals surface area contributed by atoms with Crippen molar-refractivity contribution >= 4 is 5.82 Å². The molecule has 4 nitrogen and oxygen atoms in total. The summed E-state index contributed by atoms with van der Waals surface area (Å²) < 4.78 is 0. The number of anilines is 1. The summed E-state index contributed by atoms with van der Waals surface area (Å²) in [6.45, 7) is 1.83. The van der Waals surface area contributed by atoms with Gasteiger partial charge in [0.15, 0.2) is 0 Å². The van der Waals surface area contributed by atoms with Crippen LogP contribution in [0.3, 0.4) is 0 Å². The maximum absolute atomic E-state index is 8.79. The second-order valence-corrected chi connectivity index (χ2v) is 2.74. The molecule has 1 aromatic rings. The zero-order chi connectivity index (χ0) is 9.68. The largest absolute Gasteiger partial charge is 0.394 e. The lowest BCUT2D eigenvalue weighted by atomic mass is 10.2. The summed E-state index contributed by atoms with van der Waals surface area (Å²) in [5.41, 5.74) is 0.489. The van der Waals surface area contributed by atoms with Gasteiger partial charge in [-0.3, -0.25) is 0 Å². The molecule has 1 atom stereocenters. The fourth-order valence-electron chi connectivity index (χ4n) is 0.890. The standard InChI is InChI=1S/C9H11N3O/c1-7(6-13)12-9-8(5-10)3-2-4-11-9/h2-4,7,13H,6H2,1H3,(H,11,12)/t7-/m0/s1. The van der Waals surface area contributed by atoms with Gasteiger partial charge in [-0.25, -0.2) is 4.98 Å². The molecule has 1 rings (SSSR count). The molecule has 0 saturated carbocycles. The minimum atomic E-state index is -0.0954. The molecule has 68 valence electrons. The van der Waals surface area contributed by atoms with Crippen LogP contribution >= 0.6 is 0 Å². The van der Waals surface area contributed by atoms with E-state index in [0.29, 0.717) is 11.4 Å². The van der Waals surface area contributed by atoms with Crippen LogP contribution in [0.15, 0.2) is 18.3 Å². The molecular weight excluding hydrogens is 166 g/mol. The van der Waals surface area contributed by atoms with E-state index in [1.165, 1.54) is 0 Å². The second-order valence-electron chi connectivity index (χ2n) is 2.74. The maximum atomic E-state index is 8.79. The topological polar surface area (TPSA) is 68.9 Å². The number of rotatable bonds is 3. The van der Waals surface area contributed by atoms with Gasteiger partial charge in [0.1, 0.15) is 11.9 Å². The van der Waals surface area contributed by atoms with E-state index in [1.54, 1.807) is 18.3 Å². The molecule has 0 unspecified atom stereocenters. The van der Waals surface area contributed by atoms with Gasteiger partial charge in [0, 0.05) is 12.2 Å². The van der Waals surface area contributed by atoms with Crippen LogP contribution in [0.2, 0.25) is 0 Å². The first kappa shape index (κ1) is 9.49. The number of hydrogen-bond donors (Lipinski definition) is 2. The van der Waals surface area contributed by atoms with Crippen molar-refractivity contribution in [3.63, 3.8) is 0 Å². The summed E-state index contributed by atoms with van der Waals surface area (Å²) in [5, 5.41) is 20.4. The third-order valence-electron chi connectivity index (χ3n) is 1.59. The average molecular weight is 177 g/mol. The molecule has 0 spiro atoms. The van der Waals surface area contributed by atoms with Crippen LogP contribution in [0.25, 0.3) is 0 Å². The maximum Gasteiger partial charge on any atom is 0.144 e. The Kier molecular flexibility index (Phi) is 3.23. The summed E-state index contributed by atoms with van der Waals surface area (Å²) in [5.74, 6) is 0.520. The summed E-state index contributed by atoms with van der Waals surface area (Å²) >= 11 is 0. The van der Waals surface area contributed by atoms with Crippen LogP contribution in [-0.4, -0.2) is 22.7 Å². The lowest BCUT2D eigenvalue weighted by Crippen LogP contribution is -2.20. The molecule has 0 aromatic carbocycles. The number of aliphatic hydroxyl groups is 1. The number of hydrogen-bond acceptors (Lipinski definition) is 4. The highest BCUT2D eigenvalue weighted by molar-refractivity contribution is 5.51. The molecule has 0 aliphatic carbocycles. The van der Waals surface area contributed by atoms with E-state index in [9.17, 15) is 0 Å². The zero-order valence-electron chi connectivity index (χ0n) is 7.36. The first-order valence-corrected chi connectivity index (χ1v) is 4.00. The Balaban J connectivity index is 2.82. The molecule has 1 heterocycles. The Bertz CT molecular complexity index is 319. The predicted molar refractivity (Wildman–Crippen MR) is 49.1 cm³/mol. The molecule has 0 saturated heterocycles. The Morgan fingerprint density at radius 3 is 3.15 bits per heavy atom. The zero-order valence-corrected chi connectivity index (χ0v) is 7.36. The van der Waals surface area contributed by atoms with E-state index in [4.69, 9.17) is 10.4 Å². The van der Waals surface area contributed by atoms with Crippen molar-refractivity contribution in [2.75, 3.05) is 11.9 Å². The van der Waals surface area contributed by atoms with Crippen molar-refractivity contribution in [2.24, 2.45) is 0 Å².